The summed E-state index contributed by atoms with van der Waals surface area (Å²) in [5.74, 6) is 0.959. The molecule has 0 saturated carbocycles. The van der Waals surface area contributed by atoms with Crippen molar-refractivity contribution >= 4 is 10.8 Å². The van der Waals surface area contributed by atoms with Crippen LogP contribution >= 0.6 is 0 Å². The van der Waals surface area contributed by atoms with E-state index in [2.05, 4.69) is 76.5 Å². The summed E-state index contributed by atoms with van der Waals surface area (Å²) in [4.78, 5) is 5.13. The topological polar surface area (TPSA) is 15.7 Å². The molecule has 3 heteroatoms. The van der Waals surface area contributed by atoms with Gasteiger partial charge in [-0.1, -0.05) is 54.6 Å². The van der Waals surface area contributed by atoms with Crippen molar-refractivity contribution in [1.29, 1.82) is 0 Å². The quantitative estimate of drug-likeness (QED) is 0.641. The molecule has 140 valence electrons. The molecule has 27 heavy (non-hydrogen) atoms. The van der Waals surface area contributed by atoms with E-state index in [1.807, 2.05) is 6.92 Å². The van der Waals surface area contributed by atoms with E-state index in [1.165, 1.54) is 21.9 Å². The Bertz CT molecular complexity index is 862. The van der Waals surface area contributed by atoms with Gasteiger partial charge in [-0.25, -0.2) is 0 Å². The van der Waals surface area contributed by atoms with E-state index in [0.29, 0.717) is 0 Å². The smallest absolute Gasteiger partial charge is 0.119 e. The molecule has 3 aromatic rings. The number of benzene rings is 3. The third kappa shape index (κ3) is 4.49. The lowest BCUT2D eigenvalue weighted by Crippen LogP contribution is -2.45. The van der Waals surface area contributed by atoms with Crippen LogP contribution in [-0.2, 0) is 13.1 Å². The van der Waals surface area contributed by atoms with E-state index in [9.17, 15) is 0 Å². The van der Waals surface area contributed by atoms with E-state index in [0.717, 1.165) is 51.6 Å². The molecule has 3 nitrogen and oxygen atoms in total. The maximum atomic E-state index is 5.53. The Kier molecular flexibility index (Phi) is 5.71. The molecule has 0 aliphatic carbocycles. The molecule has 0 amide bonds. The first-order chi connectivity index (χ1) is 13.3. The van der Waals surface area contributed by atoms with Gasteiger partial charge in [0.05, 0.1) is 6.61 Å². The van der Waals surface area contributed by atoms with Crippen LogP contribution in [0, 0.1) is 0 Å². The molecule has 1 heterocycles. The van der Waals surface area contributed by atoms with Gasteiger partial charge in [-0.05, 0) is 41.0 Å². The molecule has 1 fully saturated rings. The van der Waals surface area contributed by atoms with Gasteiger partial charge < -0.3 is 4.74 Å². The van der Waals surface area contributed by atoms with Gasteiger partial charge in [-0.15, -0.1) is 0 Å². The number of nitrogens with zero attached hydrogens (tertiary/aromatic N) is 2. The van der Waals surface area contributed by atoms with E-state index in [4.69, 9.17) is 4.74 Å². The predicted molar refractivity (Wildman–Crippen MR) is 112 cm³/mol. The van der Waals surface area contributed by atoms with Crippen LogP contribution in [0.1, 0.15) is 18.1 Å². The Labute approximate surface area is 162 Å². The van der Waals surface area contributed by atoms with Crippen LogP contribution in [0.25, 0.3) is 10.8 Å². The molecule has 0 N–H and O–H groups in total. The van der Waals surface area contributed by atoms with Crippen LogP contribution in [0.15, 0.2) is 66.7 Å². The monoisotopic (exact) mass is 360 g/mol. The van der Waals surface area contributed by atoms with Crippen molar-refractivity contribution in [3.8, 4) is 5.75 Å². The lowest BCUT2D eigenvalue weighted by atomic mass is 10.0. The van der Waals surface area contributed by atoms with Gasteiger partial charge >= 0.3 is 0 Å². The molecular weight excluding hydrogens is 332 g/mol. The molecule has 0 atom stereocenters. The van der Waals surface area contributed by atoms with E-state index >= 15 is 0 Å². The first-order valence-electron chi connectivity index (χ1n) is 9.95. The van der Waals surface area contributed by atoms with Crippen LogP contribution in [0.4, 0.5) is 0 Å². The molecular formula is C24H28N2O. The summed E-state index contributed by atoms with van der Waals surface area (Å²) in [7, 11) is 0. The summed E-state index contributed by atoms with van der Waals surface area (Å²) < 4.78 is 5.53. The van der Waals surface area contributed by atoms with E-state index in [1.54, 1.807) is 0 Å². The van der Waals surface area contributed by atoms with Crippen LogP contribution in [0.3, 0.4) is 0 Å². The molecule has 0 aromatic heterocycles. The summed E-state index contributed by atoms with van der Waals surface area (Å²) in [5.41, 5.74) is 2.80. The first kappa shape index (κ1) is 18.0. The van der Waals surface area contributed by atoms with Gasteiger partial charge in [0.25, 0.3) is 0 Å². The minimum absolute atomic E-state index is 0.720. The van der Waals surface area contributed by atoms with Gasteiger partial charge in [0.1, 0.15) is 5.75 Å². The number of piperazine rings is 1. The maximum absolute atomic E-state index is 5.53. The average Bonchev–Trinajstić information content (AvgIpc) is 2.71. The summed E-state index contributed by atoms with van der Waals surface area (Å²) >= 11 is 0. The number of ether oxygens (including phenoxy) is 1. The van der Waals surface area contributed by atoms with Crippen LogP contribution in [-0.4, -0.2) is 42.6 Å². The minimum Gasteiger partial charge on any atom is -0.494 e. The van der Waals surface area contributed by atoms with Crippen molar-refractivity contribution in [1.82, 2.24) is 9.80 Å². The number of rotatable bonds is 6. The normalized spacial score (nSPS) is 15.9. The van der Waals surface area contributed by atoms with Gasteiger partial charge in [-0.2, -0.15) is 0 Å². The largest absolute Gasteiger partial charge is 0.494 e. The van der Waals surface area contributed by atoms with Crippen molar-refractivity contribution in [3.63, 3.8) is 0 Å². The van der Waals surface area contributed by atoms with Crippen molar-refractivity contribution in [2.24, 2.45) is 0 Å². The van der Waals surface area contributed by atoms with E-state index in [-0.39, 0.29) is 0 Å². The molecule has 4 rings (SSSR count). The molecule has 0 bridgehead atoms. The van der Waals surface area contributed by atoms with E-state index < -0.39 is 0 Å². The van der Waals surface area contributed by atoms with Crippen molar-refractivity contribution in [2.75, 3.05) is 32.8 Å². The average molecular weight is 361 g/mol. The maximum Gasteiger partial charge on any atom is 0.119 e. The Hall–Kier alpha value is -2.36. The summed E-state index contributed by atoms with van der Waals surface area (Å²) in [5, 5.41) is 2.72. The third-order valence-corrected chi connectivity index (χ3v) is 5.38. The summed E-state index contributed by atoms with van der Waals surface area (Å²) in [6, 6.07) is 23.9. The predicted octanol–water partition coefficient (Wildman–Crippen LogP) is 4.56. The van der Waals surface area contributed by atoms with Gasteiger partial charge in [0.2, 0.25) is 0 Å². The second-order valence-electron chi connectivity index (χ2n) is 7.27. The fraction of sp³-hybridized carbons (Fsp3) is 0.333. The Balaban J connectivity index is 1.32. The molecule has 3 aromatic carbocycles. The first-order valence-corrected chi connectivity index (χ1v) is 9.95. The van der Waals surface area contributed by atoms with Gasteiger partial charge in [0, 0.05) is 39.3 Å². The number of hydrogen-bond acceptors (Lipinski definition) is 3. The molecule has 0 radical (unpaired) electrons. The van der Waals surface area contributed by atoms with Crippen LogP contribution < -0.4 is 4.74 Å². The van der Waals surface area contributed by atoms with Crippen LogP contribution in [0.2, 0.25) is 0 Å². The van der Waals surface area contributed by atoms with Crippen LogP contribution in [0.5, 0.6) is 5.75 Å². The molecule has 0 spiro atoms. The third-order valence-electron chi connectivity index (χ3n) is 5.38. The standard InChI is InChI=1S/C24H28N2O/c1-2-27-23-12-10-20(11-13-23)18-25-14-16-26(17-15-25)19-22-8-5-7-21-6-3-4-9-24(21)22/h3-13H,2,14-19H2,1H3. The zero-order valence-corrected chi connectivity index (χ0v) is 16.1. The Morgan fingerprint density at radius 3 is 2.15 bits per heavy atom. The molecule has 0 unspecified atom stereocenters. The Morgan fingerprint density at radius 1 is 0.741 bits per heavy atom. The lowest BCUT2D eigenvalue weighted by molar-refractivity contribution is 0.122. The second-order valence-corrected chi connectivity index (χ2v) is 7.27. The summed E-state index contributed by atoms with van der Waals surface area (Å²) in [6.45, 7) is 9.30. The van der Waals surface area contributed by atoms with Crippen molar-refractivity contribution < 1.29 is 4.74 Å². The summed E-state index contributed by atoms with van der Waals surface area (Å²) in [6.07, 6.45) is 0. The highest BCUT2D eigenvalue weighted by Crippen LogP contribution is 2.21. The highest BCUT2D eigenvalue weighted by molar-refractivity contribution is 5.85. The fourth-order valence-corrected chi connectivity index (χ4v) is 3.89. The second kappa shape index (κ2) is 8.55. The number of fused-ring (bicyclic) bond motifs is 1. The SMILES string of the molecule is CCOc1ccc(CN2CCN(Cc3cccc4ccccc34)CC2)cc1. The fourth-order valence-electron chi connectivity index (χ4n) is 3.89. The highest BCUT2D eigenvalue weighted by Gasteiger charge is 2.17. The highest BCUT2D eigenvalue weighted by atomic mass is 16.5. The van der Waals surface area contributed by atoms with Crippen molar-refractivity contribution in [3.05, 3.63) is 77.9 Å². The minimum atomic E-state index is 0.720. The Morgan fingerprint density at radius 2 is 1.41 bits per heavy atom. The zero-order chi connectivity index (χ0) is 18.5. The molecule has 1 saturated heterocycles. The lowest BCUT2D eigenvalue weighted by Gasteiger charge is -2.35. The van der Waals surface area contributed by atoms with Gasteiger partial charge in [0.15, 0.2) is 0 Å². The zero-order valence-electron chi connectivity index (χ0n) is 16.1. The van der Waals surface area contributed by atoms with Gasteiger partial charge in [-0.3, -0.25) is 9.80 Å². The van der Waals surface area contributed by atoms with Crippen molar-refractivity contribution in [2.45, 2.75) is 20.0 Å². The number of hydrogen-bond donors (Lipinski definition) is 0. The molecule has 1 aliphatic rings. The molecule has 1 aliphatic heterocycles.